The molecule has 1 heterocycles. The molecule has 0 unspecified atom stereocenters. The Morgan fingerprint density at radius 3 is 2.58 bits per heavy atom. The van der Waals surface area contributed by atoms with E-state index in [0.29, 0.717) is 11.7 Å². The SMILES string of the molecule is CC(=O)Oc1cccc(O[C@@H]2CCN(C)C[C@H]2c2ccccc2)c1. The van der Waals surface area contributed by atoms with Gasteiger partial charge in [0.05, 0.1) is 0 Å². The van der Waals surface area contributed by atoms with Gasteiger partial charge in [0.1, 0.15) is 17.6 Å². The van der Waals surface area contributed by atoms with E-state index >= 15 is 0 Å². The van der Waals surface area contributed by atoms with E-state index in [1.807, 2.05) is 18.2 Å². The summed E-state index contributed by atoms with van der Waals surface area (Å²) >= 11 is 0. The topological polar surface area (TPSA) is 38.8 Å². The van der Waals surface area contributed by atoms with Crippen LogP contribution in [0.1, 0.15) is 24.8 Å². The molecule has 0 amide bonds. The van der Waals surface area contributed by atoms with E-state index in [-0.39, 0.29) is 12.1 Å². The van der Waals surface area contributed by atoms with Crippen molar-refractivity contribution < 1.29 is 14.3 Å². The first-order valence-corrected chi connectivity index (χ1v) is 8.30. The number of ether oxygens (including phenoxy) is 2. The zero-order valence-electron chi connectivity index (χ0n) is 14.1. The van der Waals surface area contributed by atoms with E-state index in [0.717, 1.165) is 25.3 Å². The van der Waals surface area contributed by atoms with Gasteiger partial charge in [0.2, 0.25) is 0 Å². The third-order valence-electron chi connectivity index (χ3n) is 4.33. The third-order valence-corrected chi connectivity index (χ3v) is 4.33. The second-order valence-electron chi connectivity index (χ2n) is 6.29. The van der Waals surface area contributed by atoms with Crippen LogP contribution in [-0.2, 0) is 4.79 Å². The predicted molar refractivity (Wildman–Crippen MR) is 93.5 cm³/mol. The molecule has 4 nitrogen and oxygen atoms in total. The summed E-state index contributed by atoms with van der Waals surface area (Å²) in [5, 5.41) is 0. The molecule has 0 bridgehead atoms. The fraction of sp³-hybridized carbons (Fsp3) is 0.350. The van der Waals surface area contributed by atoms with Crippen LogP contribution in [0, 0.1) is 0 Å². The van der Waals surface area contributed by atoms with Crippen LogP contribution in [0.4, 0.5) is 0 Å². The van der Waals surface area contributed by atoms with Crippen LogP contribution in [0.15, 0.2) is 54.6 Å². The first-order chi connectivity index (χ1) is 11.6. The van der Waals surface area contributed by atoms with Crippen molar-refractivity contribution in [1.29, 1.82) is 0 Å². The van der Waals surface area contributed by atoms with E-state index in [2.05, 4.69) is 36.2 Å². The molecular weight excluding hydrogens is 302 g/mol. The Balaban J connectivity index is 1.78. The zero-order valence-corrected chi connectivity index (χ0v) is 14.1. The van der Waals surface area contributed by atoms with Crippen LogP contribution in [0.2, 0.25) is 0 Å². The van der Waals surface area contributed by atoms with E-state index in [1.165, 1.54) is 12.5 Å². The summed E-state index contributed by atoms with van der Waals surface area (Å²) < 4.78 is 11.4. The molecule has 2 aromatic rings. The van der Waals surface area contributed by atoms with E-state index in [9.17, 15) is 4.79 Å². The number of rotatable bonds is 4. The average Bonchev–Trinajstić information content (AvgIpc) is 2.57. The number of hydrogen-bond acceptors (Lipinski definition) is 4. The second-order valence-corrected chi connectivity index (χ2v) is 6.29. The molecule has 0 N–H and O–H groups in total. The Hall–Kier alpha value is -2.33. The normalized spacial score (nSPS) is 21.2. The first kappa shape index (κ1) is 16.5. The first-order valence-electron chi connectivity index (χ1n) is 8.30. The van der Waals surface area contributed by atoms with Crippen LogP contribution in [0.3, 0.4) is 0 Å². The molecule has 24 heavy (non-hydrogen) atoms. The molecule has 0 aliphatic carbocycles. The summed E-state index contributed by atoms with van der Waals surface area (Å²) in [7, 11) is 2.15. The second kappa shape index (κ2) is 7.49. The summed E-state index contributed by atoms with van der Waals surface area (Å²) in [4.78, 5) is 13.5. The van der Waals surface area contributed by atoms with Crippen molar-refractivity contribution >= 4 is 5.97 Å². The fourth-order valence-corrected chi connectivity index (χ4v) is 3.21. The zero-order chi connectivity index (χ0) is 16.9. The van der Waals surface area contributed by atoms with Crippen LogP contribution >= 0.6 is 0 Å². The van der Waals surface area contributed by atoms with Crippen molar-refractivity contribution in [3.63, 3.8) is 0 Å². The van der Waals surface area contributed by atoms with Crippen molar-refractivity contribution in [2.24, 2.45) is 0 Å². The number of benzene rings is 2. The maximum atomic E-state index is 11.1. The predicted octanol–water partition coefficient (Wildman–Crippen LogP) is 3.48. The highest BCUT2D eigenvalue weighted by atomic mass is 16.5. The van der Waals surface area contributed by atoms with Gasteiger partial charge in [-0.25, -0.2) is 0 Å². The minimum Gasteiger partial charge on any atom is -0.490 e. The molecular formula is C20H23NO3. The van der Waals surface area contributed by atoms with E-state index in [1.54, 1.807) is 12.1 Å². The molecule has 0 radical (unpaired) electrons. The molecule has 0 spiro atoms. The number of esters is 1. The number of carbonyl (C=O) groups is 1. The number of nitrogens with zero attached hydrogens (tertiary/aromatic N) is 1. The molecule has 1 aliphatic heterocycles. The number of carbonyl (C=O) groups excluding carboxylic acids is 1. The molecule has 2 aromatic carbocycles. The summed E-state index contributed by atoms with van der Waals surface area (Å²) in [5.41, 5.74) is 1.30. The Labute approximate surface area is 143 Å². The molecule has 0 saturated carbocycles. The van der Waals surface area contributed by atoms with Crippen LogP contribution in [-0.4, -0.2) is 37.1 Å². The van der Waals surface area contributed by atoms with Gasteiger partial charge in [0.15, 0.2) is 0 Å². The Morgan fingerprint density at radius 2 is 1.83 bits per heavy atom. The highest BCUT2D eigenvalue weighted by molar-refractivity contribution is 5.69. The summed E-state index contributed by atoms with van der Waals surface area (Å²) in [6.45, 7) is 3.38. The average molecular weight is 325 g/mol. The number of likely N-dealkylation sites (N-methyl/N-ethyl adjacent to an activating group) is 1. The minimum absolute atomic E-state index is 0.108. The van der Waals surface area contributed by atoms with Gasteiger partial charge in [-0.2, -0.15) is 0 Å². The Bertz CT molecular complexity index is 686. The van der Waals surface area contributed by atoms with Gasteiger partial charge in [0, 0.05) is 32.0 Å². The van der Waals surface area contributed by atoms with Crippen LogP contribution < -0.4 is 9.47 Å². The molecule has 3 rings (SSSR count). The highest BCUT2D eigenvalue weighted by Gasteiger charge is 2.30. The van der Waals surface area contributed by atoms with Gasteiger partial charge < -0.3 is 14.4 Å². The van der Waals surface area contributed by atoms with Gasteiger partial charge in [-0.3, -0.25) is 4.79 Å². The number of hydrogen-bond donors (Lipinski definition) is 0. The lowest BCUT2D eigenvalue weighted by Gasteiger charge is -2.37. The lowest BCUT2D eigenvalue weighted by Crippen LogP contribution is -2.42. The van der Waals surface area contributed by atoms with E-state index < -0.39 is 0 Å². The third kappa shape index (κ3) is 4.15. The summed E-state index contributed by atoms with van der Waals surface area (Å²) in [6, 6.07) is 17.8. The summed E-state index contributed by atoms with van der Waals surface area (Å²) in [5.74, 6) is 1.25. The maximum absolute atomic E-state index is 11.1. The molecule has 1 aliphatic rings. The van der Waals surface area contributed by atoms with Gasteiger partial charge in [-0.1, -0.05) is 36.4 Å². The fourth-order valence-electron chi connectivity index (χ4n) is 3.21. The van der Waals surface area contributed by atoms with Gasteiger partial charge in [0.25, 0.3) is 0 Å². The van der Waals surface area contributed by atoms with E-state index in [4.69, 9.17) is 9.47 Å². The number of piperidine rings is 1. The van der Waals surface area contributed by atoms with Crippen molar-refractivity contribution in [3.05, 3.63) is 60.2 Å². The smallest absolute Gasteiger partial charge is 0.308 e. The minimum atomic E-state index is -0.325. The lowest BCUT2D eigenvalue weighted by atomic mass is 9.88. The molecule has 1 saturated heterocycles. The monoisotopic (exact) mass is 325 g/mol. The van der Waals surface area contributed by atoms with Crippen LogP contribution in [0.5, 0.6) is 11.5 Å². The van der Waals surface area contributed by atoms with Gasteiger partial charge in [-0.15, -0.1) is 0 Å². The number of likely N-dealkylation sites (tertiary alicyclic amines) is 1. The van der Waals surface area contributed by atoms with Crippen molar-refractivity contribution in [3.8, 4) is 11.5 Å². The quantitative estimate of drug-likeness (QED) is 0.637. The van der Waals surface area contributed by atoms with Crippen molar-refractivity contribution in [2.75, 3.05) is 20.1 Å². The van der Waals surface area contributed by atoms with Gasteiger partial charge >= 0.3 is 5.97 Å². The highest BCUT2D eigenvalue weighted by Crippen LogP contribution is 2.31. The Morgan fingerprint density at radius 1 is 1.08 bits per heavy atom. The largest absolute Gasteiger partial charge is 0.490 e. The summed E-state index contributed by atoms with van der Waals surface area (Å²) in [6.07, 6.45) is 1.07. The van der Waals surface area contributed by atoms with Crippen LogP contribution in [0.25, 0.3) is 0 Å². The molecule has 126 valence electrons. The molecule has 0 aromatic heterocycles. The van der Waals surface area contributed by atoms with Crippen molar-refractivity contribution in [2.45, 2.75) is 25.4 Å². The van der Waals surface area contributed by atoms with Gasteiger partial charge in [-0.05, 0) is 31.2 Å². The molecule has 4 heteroatoms. The Kier molecular flexibility index (Phi) is 5.16. The maximum Gasteiger partial charge on any atom is 0.308 e. The molecule has 2 atom stereocenters. The standard InChI is InChI=1S/C20H23NO3/c1-15(22)23-17-9-6-10-18(13-17)24-20-11-12-21(2)14-19(20)16-7-4-3-5-8-16/h3-10,13,19-20H,11-12,14H2,1-2H3/t19-,20+/m0/s1. The lowest BCUT2D eigenvalue weighted by molar-refractivity contribution is -0.131. The van der Waals surface area contributed by atoms with Crippen molar-refractivity contribution in [1.82, 2.24) is 4.90 Å². The molecule has 1 fully saturated rings.